The highest BCUT2D eigenvalue weighted by Gasteiger charge is 2.44. The van der Waals surface area contributed by atoms with Crippen molar-refractivity contribution in [1.29, 1.82) is 0 Å². The molecule has 0 amide bonds. The van der Waals surface area contributed by atoms with Crippen LogP contribution in [0.5, 0.6) is 0 Å². The van der Waals surface area contributed by atoms with Crippen LogP contribution >= 0.6 is 7.60 Å². The lowest BCUT2D eigenvalue weighted by molar-refractivity contribution is -0.384. The van der Waals surface area contributed by atoms with E-state index in [1.54, 1.807) is 13.8 Å². The molecule has 0 aliphatic heterocycles. The molecule has 0 saturated heterocycles. The summed E-state index contributed by atoms with van der Waals surface area (Å²) in [6.45, 7) is 9.94. The van der Waals surface area contributed by atoms with Gasteiger partial charge in [-0.15, -0.1) is 0 Å². The minimum atomic E-state index is -4.03. The first-order valence-corrected chi connectivity index (χ1v) is 14.7. The van der Waals surface area contributed by atoms with Gasteiger partial charge in [0.1, 0.15) is 11.4 Å². The molecule has 1 fully saturated rings. The second kappa shape index (κ2) is 12.8. The van der Waals surface area contributed by atoms with E-state index >= 15 is 0 Å². The average Bonchev–Trinajstić information content (AvgIpc) is 2.88. The number of rotatable bonds is 11. The highest BCUT2D eigenvalue weighted by atomic mass is 31.2. The number of hydrogen-bond acceptors (Lipinski definition) is 7. The highest BCUT2D eigenvalue weighted by molar-refractivity contribution is 7.60. The summed E-state index contributed by atoms with van der Waals surface area (Å²) in [6, 6.07) is 15.8. The molecule has 0 N–H and O–H groups in total. The molecule has 0 heterocycles. The van der Waals surface area contributed by atoms with E-state index in [4.69, 9.17) is 13.8 Å². The molecule has 0 aromatic heterocycles. The monoisotopic (exact) mass is 543 g/mol. The molecular weight excluding hydrogens is 505 g/mol. The quantitative estimate of drug-likeness (QED) is 0.0948. The maximum absolute atomic E-state index is 13.8. The van der Waals surface area contributed by atoms with Gasteiger partial charge in [-0.25, -0.2) is 4.79 Å². The Hall–Kier alpha value is -2.80. The van der Waals surface area contributed by atoms with Gasteiger partial charge in [0.2, 0.25) is 0 Å². The smallest absolute Gasteiger partial charge is 0.368 e. The van der Waals surface area contributed by atoms with Crippen molar-refractivity contribution in [2.75, 3.05) is 13.2 Å². The van der Waals surface area contributed by atoms with Gasteiger partial charge >= 0.3 is 13.6 Å². The molecule has 1 saturated carbocycles. The first-order chi connectivity index (χ1) is 18.0. The Kier molecular flexibility index (Phi) is 10.0. The van der Waals surface area contributed by atoms with Gasteiger partial charge in [0, 0.05) is 18.1 Å². The van der Waals surface area contributed by atoms with Crippen LogP contribution in [-0.2, 0) is 28.6 Å². The van der Waals surface area contributed by atoms with Crippen molar-refractivity contribution in [2.45, 2.75) is 65.4 Å². The number of hydrogen-bond donors (Lipinski definition) is 0. The Bertz CT molecular complexity index is 1170. The molecule has 1 aliphatic carbocycles. The van der Waals surface area contributed by atoms with Crippen molar-refractivity contribution in [2.24, 2.45) is 11.8 Å². The van der Waals surface area contributed by atoms with Crippen molar-refractivity contribution in [1.82, 2.24) is 0 Å². The van der Waals surface area contributed by atoms with Crippen LogP contribution in [0.4, 0.5) is 5.69 Å². The van der Waals surface area contributed by atoms with Gasteiger partial charge in [0.05, 0.1) is 18.1 Å². The lowest BCUT2D eigenvalue weighted by Gasteiger charge is -2.44. The molecule has 0 bridgehead atoms. The lowest BCUT2D eigenvalue weighted by Crippen LogP contribution is -2.43. The molecule has 206 valence electrons. The van der Waals surface area contributed by atoms with Crippen molar-refractivity contribution in [3.8, 4) is 0 Å². The zero-order chi connectivity index (χ0) is 27.9. The van der Waals surface area contributed by atoms with Crippen LogP contribution < -0.4 is 0 Å². The van der Waals surface area contributed by atoms with Gasteiger partial charge in [-0.1, -0.05) is 57.5 Å². The maximum Gasteiger partial charge on any atom is 0.368 e. The standard InChI is InChI=1S/C29H38NO7P/c1-6-35-38(34,36-7-2)27(20-22-14-16-24(17-15-22)30(32)33)28(31)37-26-19-21(3)13-18-25(26)29(4,5)23-11-9-8-10-12-23/h8-12,14-17,20-21,25-26H,6-7,13,18-19H2,1-5H3/b27-20+/t21-,25-,26-/m1/s1. The van der Waals surface area contributed by atoms with Crippen LogP contribution in [0, 0.1) is 22.0 Å². The van der Waals surface area contributed by atoms with Crippen LogP contribution in [0.25, 0.3) is 6.08 Å². The van der Waals surface area contributed by atoms with Gasteiger partial charge < -0.3 is 13.8 Å². The summed E-state index contributed by atoms with van der Waals surface area (Å²) in [5.74, 6) is -0.353. The summed E-state index contributed by atoms with van der Waals surface area (Å²) in [5, 5.41) is 10.8. The molecule has 0 unspecified atom stereocenters. The molecule has 1 aliphatic rings. The fraction of sp³-hybridized carbons (Fsp3) is 0.483. The highest BCUT2D eigenvalue weighted by Crippen LogP contribution is 2.57. The molecule has 38 heavy (non-hydrogen) atoms. The topological polar surface area (TPSA) is 105 Å². The molecular formula is C29H38NO7P. The van der Waals surface area contributed by atoms with Crippen LogP contribution in [0.1, 0.15) is 65.0 Å². The lowest BCUT2D eigenvalue weighted by atomic mass is 9.64. The van der Waals surface area contributed by atoms with Gasteiger partial charge in [0.15, 0.2) is 0 Å². The Morgan fingerprint density at radius 1 is 1.05 bits per heavy atom. The Morgan fingerprint density at radius 2 is 1.66 bits per heavy atom. The molecule has 2 aromatic rings. The normalized spacial score (nSPS) is 20.7. The third-order valence-corrected chi connectivity index (χ3v) is 9.36. The Morgan fingerprint density at radius 3 is 2.21 bits per heavy atom. The number of non-ortho nitro benzene ring substituents is 1. The average molecular weight is 544 g/mol. The first-order valence-electron chi connectivity index (χ1n) is 13.1. The van der Waals surface area contributed by atoms with E-state index in [0.29, 0.717) is 17.9 Å². The van der Waals surface area contributed by atoms with E-state index in [0.717, 1.165) is 18.4 Å². The van der Waals surface area contributed by atoms with E-state index in [9.17, 15) is 19.5 Å². The van der Waals surface area contributed by atoms with Crippen molar-refractivity contribution < 1.29 is 28.1 Å². The summed E-state index contributed by atoms with van der Waals surface area (Å²) in [7, 11) is -4.03. The van der Waals surface area contributed by atoms with E-state index in [2.05, 4.69) is 32.9 Å². The Labute approximate surface area is 225 Å². The Balaban J connectivity index is 2.00. The number of nitrogens with zero attached hydrogens (tertiary/aromatic N) is 1. The molecule has 8 nitrogen and oxygen atoms in total. The van der Waals surface area contributed by atoms with Gasteiger partial charge in [-0.3, -0.25) is 14.7 Å². The molecule has 3 rings (SSSR count). The van der Waals surface area contributed by atoms with Crippen LogP contribution in [0.2, 0.25) is 0 Å². The first kappa shape index (κ1) is 29.8. The number of benzene rings is 2. The largest absolute Gasteiger partial charge is 0.458 e. The second-order valence-electron chi connectivity index (χ2n) is 10.3. The molecule has 3 atom stereocenters. The number of nitro benzene ring substituents is 1. The third-order valence-electron chi connectivity index (χ3n) is 7.27. The zero-order valence-corrected chi connectivity index (χ0v) is 23.7. The minimum Gasteiger partial charge on any atom is -0.458 e. The summed E-state index contributed by atoms with van der Waals surface area (Å²) in [6.07, 6.45) is 3.58. The number of ether oxygens (including phenoxy) is 1. The zero-order valence-electron chi connectivity index (χ0n) is 22.8. The second-order valence-corrected chi connectivity index (χ2v) is 12.3. The summed E-state index contributed by atoms with van der Waals surface area (Å²) in [4.78, 5) is 24.3. The van der Waals surface area contributed by atoms with Crippen molar-refractivity contribution in [3.05, 3.63) is 81.2 Å². The maximum atomic E-state index is 13.8. The SMILES string of the molecule is CCOP(=O)(OCC)/C(=C/c1ccc([N+](=O)[O-])cc1)C(=O)O[C@@H]1C[C@H](C)CC[C@H]1C(C)(C)c1ccccc1. The fourth-order valence-electron chi connectivity index (χ4n) is 5.18. The molecule has 0 radical (unpaired) electrons. The third kappa shape index (κ3) is 6.99. The molecule has 2 aromatic carbocycles. The van der Waals surface area contributed by atoms with Gasteiger partial charge in [0.25, 0.3) is 5.69 Å². The molecule has 0 spiro atoms. The van der Waals surface area contributed by atoms with E-state index < -0.39 is 24.6 Å². The van der Waals surface area contributed by atoms with Crippen LogP contribution in [0.15, 0.2) is 59.9 Å². The minimum absolute atomic E-state index is 0.0456. The summed E-state index contributed by atoms with van der Waals surface area (Å²) in [5.41, 5.74) is 1.25. The molecule has 9 heteroatoms. The predicted molar refractivity (Wildman–Crippen MR) is 148 cm³/mol. The summed E-state index contributed by atoms with van der Waals surface area (Å²) >= 11 is 0. The van der Waals surface area contributed by atoms with E-state index in [1.165, 1.54) is 30.3 Å². The number of carbonyl (C=O) groups is 1. The van der Waals surface area contributed by atoms with Crippen molar-refractivity contribution in [3.63, 3.8) is 0 Å². The predicted octanol–water partition coefficient (Wildman–Crippen LogP) is 7.53. The van der Waals surface area contributed by atoms with Crippen LogP contribution in [0.3, 0.4) is 0 Å². The number of esters is 1. The van der Waals surface area contributed by atoms with Gasteiger partial charge in [-0.05, 0) is 67.4 Å². The number of carbonyl (C=O) groups excluding carboxylic acids is 1. The van der Waals surface area contributed by atoms with E-state index in [1.807, 2.05) is 18.2 Å². The van der Waals surface area contributed by atoms with Crippen LogP contribution in [-0.4, -0.2) is 30.2 Å². The summed E-state index contributed by atoms with van der Waals surface area (Å²) < 4.78 is 31.0. The van der Waals surface area contributed by atoms with E-state index in [-0.39, 0.29) is 35.5 Å². The van der Waals surface area contributed by atoms with Crippen molar-refractivity contribution >= 4 is 25.3 Å². The fourth-order valence-corrected chi connectivity index (χ4v) is 6.80. The van der Waals surface area contributed by atoms with Gasteiger partial charge in [-0.2, -0.15) is 0 Å². The number of nitro groups is 1.